The maximum atomic E-state index is 3.79. The molecule has 0 radical (unpaired) electrons. The summed E-state index contributed by atoms with van der Waals surface area (Å²) in [6.45, 7) is 3.79. The Morgan fingerprint density at radius 3 is 2.80 bits per heavy atom. The number of rotatable bonds is 1. The first kappa shape index (κ1) is 8.77. The van der Waals surface area contributed by atoms with Crippen molar-refractivity contribution in [1.82, 2.24) is 0 Å². The van der Waals surface area contributed by atoms with Crippen LogP contribution in [0.5, 0.6) is 0 Å². The molecule has 1 atom stereocenters. The Balaban J connectivity index is 2.76. The smallest absolute Gasteiger partial charge is 0.0616 e. The van der Waals surface area contributed by atoms with Gasteiger partial charge in [0.1, 0.15) is 0 Å². The molecule has 0 bridgehead atoms. The van der Waals surface area contributed by atoms with E-state index in [9.17, 15) is 0 Å². The highest BCUT2D eigenvalue weighted by molar-refractivity contribution is 14.1. The Morgan fingerprint density at radius 2 is 2.40 bits per heavy atom. The molecule has 0 aromatic heterocycles. The minimum Gasteiger partial charge on any atom is -0.101 e. The summed E-state index contributed by atoms with van der Waals surface area (Å²) in [5, 5.41) is 0. The van der Waals surface area contributed by atoms with Gasteiger partial charge in [0.25, 0.3) is 0 Å². The van der Waals surface area contributed by atoms with Crippen LogP contribution in [0.2, 0.25) is 0 Å². The number of halogens is 2. The topological polar surface area (TPSA) is 0 Å². The van der Waals surface area contributed by atoms with Gasteiger partial charge in [-0.25, -0.2) is 0 Å². The molecule has 0 N–H and O–H groups in total. The average molecular weight is 358 g/mol. The van der Waals surface area contributed by atoms with E-state index in [1.165, 1.54) is 3.58 Å². The van der Waals surface area contributed by atoms with E-state index in [0.29, 0.717) is 0 Å². The minimum atomic E-state index is 0.173. The average Bonchev–Trinajstić information content (AvgIpc) is 1.96. The summed E-state index contributed by atoms with van der Waals surface area (Å²) in [6.07, 6.45) is 9.63. The van der Waals surface area contributed by atoms with Crippen molar-refractivity contribution in [2.45, 2.75) is 9.84 Å². The zero-order valence-electron chi connectivity index (χ0n) is 5.48. The summed E-state index contributed by atoms with van der Waals surface area (Å²) in [4.78, 5) is 0. The first-order valence-corrected chi connectivity index (χ1v) is 5.19. The fourth-order valence-electron chi connectivity index (χ4n) is 0.760. The fourth-order valence-corrected chi connectivity index (χ4v) is 1.56. The van der Waals surface area contributed by atoms with Crippen LogP contribution < -0.4 is 0 Å². The third-order valence-electron chi connectivity index (χ3n) is 1.47. The van der Waals surface area contributed by atoms with Gasteiger partial charge in [0.05, 0.1) is 3.42 Å². The summed E-state index contributed by atoms with van der Waals surface area (Å²) < 4.78 is 1.50. The van der Waals surface area contributed by atoms with Crippen LogP contribution in [0.4, 0.5) is 0 Å². The molecule has 0 spiro atoms. The summed E-state index contributed by atoms with van der Waals surface area (Å²) in [5.41, 5.74) is 0. The molecule has 0 aromatic carbocycles. The largest absolute Gasteiger partial charge is 0.101 e. The van der Waals surface area contributed by atoms with Crippen LogP contribution in [0.1, 0.15) is 6.42 Å². The number of hydrogen-bond acceptors (Lipinski definition) is 0. The SMILES string of the molecule is C=CC1(I)C=CC(I)=CC1. The van der Waals surface area contributed by atoms with E-state index in [1.807, 2.05) is 6.08 Å². The highest BCUT2D eigenvalue weighted by atomic mass is 127. The van der Waals surface area contributed by atoms with Crippen molar-refractivity contribution in [2.24, 2.45) is 0 Å². The zero-order valence-corrected chi connectivity index (χ0v) is 9.79. The maximum absolute atomic E-state index is 3.79. The molecule has 0 saturated heterocycles. The predicted octanol–water partition coefficient (Wildman–Crippen LogP) is 3.63. The van der Waals surface area contributed by atoms with E-state index < -0.39 is 0 Å². The van der Waals surface area contributed by atoms with Crippen LogP contribution in [-0.2, 0) is 0 Å². The number of hydrogen-bond donors (Lipinski definition) is 0. The van der Waals surface area contributed by atoms with Gasteiger partial charge < -0.3 is 0 Å². The van der Waals surface area contributed by atoms with Gasteiger partial charge in [0, 0.05) is 3.58 Å². The summed E-state index contributed by atoms with van der Waals surface area (Å²) in [6, 6.07) is 0. The maximum Gasteiger partial charge on any atom is 0.0616 e. The van der Waals surface area contributed by atoms with Crippen molar-refractivity contribution in [3.63, 3.8) is 0 Å². The molecular weight excluding hydrogens is 350 g/mol. The Bertz CT molecular complexity index is 203. The van der Waals surface area contributed by atoms with Gasteiger partial charge >= 0.3 is 0 Å². The van der Waals surface area contributed by atoms with E-state index in [2.05, 4.69) is 70.0 Å². The van der Waals surface area contributed by atoms with Gasteiger partial charge in [-0.1, -0.05) is 46.9 Å². The van der Waals surface area contributed by atoms with E-state index in [4.69, 9.17) is 0 Å². The molecule has 0 heterocycles. The highest BCUT2D eigenvalue weighted by Gasteiger charge is 2.19. The lowest BCUT2D eigenvalue weighted by atomic mass is 10.0. The van der Waals surface area contributed by atoms with E-state index in [1.54, 1.807) is 0 Å². The highest BCUT2D eigenvalue weighted by Crippen LogP contribution is 2.32. The first-order chi connectivity index (χ1) is 4.66. The molecule has 1 aliphatic carbocycles. The second-order valence-electron chi connectivity index (χ2n) is 2.26. The van der Waals surface area contributed by atoms with E-state index in [-0.39, 0.29) is 3.42 Å². The molecule has 10 heavy (non-hydrogen) atoms. The lowest BCUT2D eigenvalue weighted by Gasteiger charge is -2.19. The predicted molar refractivity (Wildman–Crippen MR) is 62.8 cm³/mol. The van der Waals surface area contributed by atoms with Crippen LogP contribution in [0, 0.1) is 0 Å². The molecular formula is C8H8I2. The molecule has 0 fully saturated rings. The van der Waals surface area contributed by atoms with Crippen LogP contribution in [0.25, 0.3) is 0 Å². The molecule has 0 aliphatic heterocycles. The third kappa shape index (κ3) is 2.08. The molecule has 0 amide bonds. The minimum absolute atomic E-state index is 0.173. The van der Waals surface area contributed by atoms with Crippen molar-refractivity contribution in [1.29, 1.82) is 0 Å². The quantitative estimate of drug-likeness (QED) is 0.382. The van der Waals surface area contributed by atoms with Crippen molar-refractivity contribution >= 4 is 45.2 Å². The Labute approximate surface area is 88.7 Å². The molecule has 54 valence electrons. The second-order valence-corrected chi connectivity index (χ2v) is 5.51. The van der Waals surface area contributed by atoms with Crippen molar-refractivity contribution in [3.05, 3.63) is 34.5 Å². The molecule has 0 aromatic rings. The standard InChI is InChI=1S/C8H8I2/c1-2-8(10)5-3-7(9)4-6-8/h2-5H,1,6H2. The molecule has 1 rings (SSSR count). The van der Waals surface area contributed by atoms with Gasteiger partial charge in [0.2, 0.25) is 0 Å². The van der Waals surface area contributed by atoms with Gasteiger partial charge in [-0.15, -0.1) is 6.58 Å². The van der Waals surface area contributed by atoms with Gasteiger partial charge in [-0.05, 0) is 29.0 Å². The Kier molecular flexibility index (Phi) is 2.97. The third-order valence-corrected chi connectivity index (χ3v) is 3.51. The second kappa shape index (κ2) is 3.38. The van der Waals surface area contributed by atoms with Crippen LogP contribution in [-0.4, -0.2) is 3.42 Å². The van der Waals surface area contributed by atoms with Gasteiger partial charge in [-0.3, -0.25) is 0 Å². The van der Waals surface area contributed by atoms with Crippen molar-refractivity contribution in [3.8, 4) is 0 Å². The molecule has 2 heteroatoms. The lowest BCUT2D eigenvalue weighted by Crippen LogP contribution is -2.13. The molecule has 0 saturated carbocycles. The van der Waals surface area contributed by atoms with Crippen LogP contribution in [0.15, 0.2) is 34.5 Å². The van der Waals surface area contributed by atoms with Gasteiger partial charge in [0.15, 0.2) is 0 Å². The zero-order chi connectivity index (χ0) is 7.61. The summed E-state index contributed by atoms with van der Waals surface area (Å²) in [5.74, 6) is 0. The van der Waals surface area contributed by atoms with Crippen molar-refractivity contribution < 1.29 is 0 Å². The molecule has 0 nitrogen and oxygen atoms in total. The van der Waals surface area contributed by atoms with E-state index in [0.717, 1.165) is 6.42 Å². The van der Waals surface area contributed by atoms with Gasteiger partial charge in [-0.2, -0.15) is 0 Å². The molecule has 1 unspecified atom stereocenters. The first-order valence-electron chi connectivity index (χ1n) is 3.04. The number of alkyl halides is 1. The lowest BCUT2D eigenvalue weighted by molar-refractivity contribution is 0.922. The monoisotopic (exact) mass is 358 g/mol. The van der Waals surface area contributed by atoms with E-state index >= 15 is 0 Å². The Hall–Kier alpha value is 0.680. The van der Waals surface area contributed by atoms with Crippen LogP contribution in [0.3, 0.4) is 0 Å². The molecule has 1 aliphatic rings. The van der Waals surface area contributed by atoms with Crippen molar-refractivity contribution in [2.75, 3.05) is 0 Å². The summed E-state index contributed by atoms with van der Waals surface area (Å²) >= 11 is 4.74. The Morgan fingerprint density at radius 1 is 1.70 bits per heavy atom. The fraction of sp³-hybridized carbons (Fsp3) is 0.250. The van der Waals surface area contributed by atoms with Crippen LogP contribution >= 0.6 is 45.2 Å². The normalized spacial score (nSPS) is 31.6. The number of allylic oxidation sites excluding steroid dienone is 5. The summed E-state index contributed by atoms with van der Waals surface area (Å²) in [7, 11) is 0.